The van der Waals surface area contributed by atoms with E-state index in [4.69, 9.17) is 0 Å². The lowest BCUT2D eigenvalue weighted by atomic mass is 10.1. The number of hydrogen-bond acceptors (Lipinski definition) is 4. The molecule has 2 aromatic carbocycles. The topological polar surface area (TPSA) is 72.2 Å². The number of carbonyl (C=O) groups is 1. The summed E-state index contributed by atoms with van der Waals surface area (Å²) in [6, 6.07) is 11.5. The van der Waals surface area contributed by atoms with Gasteiger partial charge in [0.15, 0.2) is 0 Å². The summed E-state index contributed by atoms with van der Waals surface area (Å²) < 4.78 is 0.588. The molecule has 0 aliphatic heterocycles. The summed E-state index contributed by atoms with van der Waals surface area (Å²) in [5, 5.41) is 13.5. The van der Waals surface area contributed by atoms with Crippen LogP contribution in [0.5, 0.6) is 0 Å². The van der Waals surface area contributed by atoms with Crippen LogP contribution in [0.3, 0.4) is 0 Å². The molecule has 114 valence electrons. The van der Waals surface area contributed by atoms with Crippen molar-refractivity contribution < 1.29 is 9.72 Å². The highest BCUT2D eigenvalue weighted by Crippen LogP contribution is 2.27. The Morgan fingerprint density at radius 3 is 2.55 bits per heavy atom. The van der Waals surface area contributed by atoms with Crippen LogP contribution in [0.2, 0.25) is 0 Å². The number of anilines is 1. The van der Waals surface area contributed by atoms with E-state index < -0.39 is 4.92 Å². The number of thioether (sulfide) groups is 1. The first-order chi connectivity index (χ1) is 10.5. The van der Waals surface area contributed by atoms with Crippen molar-refractivity contribution in [1.82, 2.24) is 0 Å². The maximum Gasteiger partial charge on any atom is 0.271 e. The number of amides is 1. The van der Waals surface area contributed by atoms with Crippen molar-refractivity contribution in [3.05, 3.63) is 68.2 Å². The van der Waals surface area contributed by atoms with Gasteiger partial charge in [0, 0.05) is 27.9 Å². The van der Waals surface area contributed by atoms with Crippen LogP contribution in [0, 0.1) is 10.1 Å². The molecular weight excluding hydrogens is 368 g/mol. The fourth-order valence-corrected chi connectivity index (χ4v) is 2.71. The number of nitro benzene ring substituents is 1. The fraction of sp³-hybridized carbons (Fsp3) is 0.133. The molecule has 2 rings (SSSR count). The van der Waals surface area contributed by atoms with Crippen LogP contribution in [0.25, 0.3) is 0 Å². The minimum Gasteiger partial charge on any atom is -0.321 e. The van der Waals surface area contributed by atoms with Crippen molar-refractivity contribution in [2.75, 3.05) is 11.6 Å². The number of hydrogen-bond donors (Lipinski definition) is 1. The van der Waals surface area contributed by atoms with Crippen LogP contribution in [0.1, 0.15) is 15.9 Å². The van der Waals surface area contributed by atoms with Crippen LogP contribution in [-0.2, 0) is 5.75 Å². The molecule has 0 fully saturated rings. The van der Waals surface area contributed by atoms with Crippen molar-refractivity contribution in [3.63, 3.8) is 0 Å². The molecule has 2 aromatic rings. The second-order valence-electron chi connectivity index (χ2n) is 4.51. The van der Waals surface area contributed by atoms with Crippen LogP contribution < -0.4 is 5.32 Å². The Balaban J connectivity index is 2.17. The average molecular weight is 381 g/mol. The minimum atomic E-state index is -0.501. The largest absolute Gasteiger partial charge is 0.321 e. The first-order valence-electron chi connectivity index (χ1n) is 6.34. The highest BCUT2D eigenvalue weighted by Gasteiger charge is 2.13. The van der Waals surface area contributed by atoms with Gasteiger partial charge in [-0.1, -0.05) is 12.1 Å². The van der Waals surface area contributed by atoms with Crippen LogP contribution >= 0.6 is 27.7 Å². The Bertz CT molecular complexity index is 704. The lowest BCUT2D eigenvalue weighted by Gasteiger charge is -2.08. The lowest BCUT2D eigenvalue weighted by molar-refractivity contribution is -0.384. The average Bonchev–Trinajstić information content (AvgIpc) is 2.50. The number of benzene rings is 2. The number of non-ortho nitro benzene ring substituents is 1. The second-order valence-corrected chi connectivity index (χ2v) is 6.23. The van der Waals surface area contributed by atoms with Gasteiger partial charge < -0.3 is 5.32 Å². The second kappa shape index (κ2) is 7.42. The fourth-order valence-electron chi connectivity index (χ4n) is 1.84. The normalized spacial score (nSPS) is 10.3. The number of nitrogens with zero attached hydrogens (tertiary/aromatic N) is 1. The van der Waals surface area contributed by atoms with Gasteiger partial charge in [-0.2, -0.15) is 11.8 Å². The molecule has 5 nitrogen and oxygen atoms in total. The third kappa shape index (κ3) is 4.08. The molecule has 1 amide bonds. The van der Waals surface area contributed by atoms with Gasteiger partial charge >= 0.3 is 0 Å². The van der Waals surface area contributed by atoms with Gasteiger partial charge in [-0.15, -0.1) is 0 Å². The van der Waals surface area contributed by atoms with Crippen molar-refractivity contribution >= 4 is 45.0 Å². The number of carbonyl (C=O) groups excluding carboxylic acids is 1. The van der Waals surface area contributed by atoms with Crippen molar-refractivity contribution in [2.45, 2.75) is 5.75 Å². The van der Waals surface area contributed by atoms with Gasteiger partial charge in [0.25, 0.3) is 11.6 Å². The van der Waals surface area contributed by atoms with Gasteiger partial charge in [-0.25, -0.2) is 0 Å². The van der Waals surface area contributed by atoms with E-state index >= 15 is 0 Å². The van der Waals surface area contributed by atoms with Gasteiger partial charge in [0.05, 0.1) is 10.6 Å². The standard InChI is InChI=1S/C15H13BrN2O3S/c1-22-9-10-2-4-11(5-3-10)15(19)17-14-8-12(18(20)21)6-7-13(14)16/h2-8H,9H2,1H3,(H,17,19). The van der Waals surface area contributed by atoms with Crippen LogP contribution in [0.4, 0.5) is 11.4 Å². The third-order valence-corrected chi connectivity index (χ3v) is 4.25. The number of halogens is 1. The molecule has 1 N–H and O–H groups in total. The quantitative estimate of drug-likeness (QED) is 0.613. The third-order valence-electron chi connectivity index (χ3n) is 2.94. The first kappa shape index (κ1) is 16.5. The van der Waals surface area contributed by atoms with Gasteiger partial charge in [-0.3, -0.25) is 14.9 Å². The highest BCUT2D eigenvalue weighted by molar-refractivity contribution is 9.10. The Labute approximate surface area is 140 Å². The highest BCUT2D eigenvalue weighted by atomic mass is 79.9. The van der Waals surface area contributed by atoms with Crippen LogP contribution in [-0.4, -0.2) is 17.1 Å². The molecule has 0 aliphatic carbocycles. The zero-order valence-corrected chi connectivity index (χ0v) is 14.1. The van der Waals surface area contributed by atoms with E-state index in [1.807, 2.05) is 18.4 Å². The predicted octanol–water partition coefficient (Wildman–Crippen LogP) is 4.47. The van der Waals surface area contributed by atoms with Gasteiger partial charge in [-0.05, 0) is 45.9 Å². The van der Waals surface area contributed by atoms with Crippen LogP contribution in [0.15, 0.2) is 46.9 Å². The van der Waals surface area contributed by atoms with E-state index in [0.717, 1.165) is 11.3 Å². The molecule has 0 bridgehead atoms. The molecule has 7 heteroatoms. The van der Waals surface area contributed by atoms with E-state index in [9.17, 15) is 14.9 Å². The molecule has 0 atom stereocenters. The molecular formula is C15H13BrN2O3S. The van der Waals surface area contributed by atoms with E-state index in [-0.39, 0.29) is 11.6 Å². The summed E-state index contributed by atoms with van der Waals surface area (Å²) in [4.78, 5) is 22.5. The maximum atomic E-state index is 12.2. The summed E-state index contributed by atoms with van der Waals surface area (Å²) in [6.45, 7) is 0. The summed E-state index contributed by atoms with van der Waals surface area (Å²) in [5.41, 5.74) is 1.94. The maximum absolute atomic E-state index is 12.2. The molecule has 0 aliphatic rings. The number of rotatable bonds is 5. The molecule has 0 spiro atoms. The van der Waals surface area contributed by atoms with E-state index in [2.05, 4.69) is 21.2 Å². The molecule has 0 radical (unpaired) electrons. The molecule has 0 aromatic heterocycles. The number of nitro groups is 1. The van der Waals surface area contributed by atoms with Crippen molar-refractivity contribution in [2.24, 2.45) is 0 Å². The zero-order chi connectivity index (χ0) is 16.1. The molecule has 22 heavy (non-hydrogen) atoms. The summed E-state index contributed by atoms with van der Waals surface area (Å²) >= 11 is 4.98. The number of nitrogens with one attached hydrogen (secondary N) is 1. The van der Waals surface area contributed by atoms with Gasteiger partial charge in [0.2, 0.25) is 0 Å². The van der Waals surface area contributed by atoms with Gasteiger partial charge in [0.1, 0.15) is 0 Å². The molecule has 0 heterocycles. The van der Waals surface area contributed by atoms with Crippen molar-refractivity contribution in [3.8, 4) is 0 Å². The summed E-state index contributed by atoms with van der Waals surface area (Å²) in [5.74, 6) is 0.579. The molecule has 0 saturated heterocycles. The Morgan fingerprint density at radius 2 is 1.95 bits per heavy atom. The van der Waals surface area contributed by atoms with E-state index in [1.54, 1.807) is 23.9 Å². The Hall–Kier alpha value is -1.86. The van der Waals surface area contributed by atoms with E-state index in [1.165, 1.54) is 18.2 Å². The lowest BCUT2D eigenvalue weighted by Crippen LogP contribution is -2.12. The Kier molecular flexibility index (Phi) is 5.57. The minimum absolute atomic E-state index is 0.0752. The smallest absolute Gasteiger partial charge is 0.271 e. The van der Waals surface area contributed by atoms with Crippen molar-refractivity contribution in [1.29, 1.82) is 0 Å². The first-order valence-corrected chi connectivity index (χ1v) is 8.53. The molecule has 0 saturated carbocycles. The predicted molar refractivity (Wildman–Crippen MR) is 92.4 cm³/mol. The Morgan fingerprint density at radius 1 is 1.27 bits per heavy atom. The monoisotopic (exact) mass is 380 g/mol. The SMILES string of the molecule is CSCc1ccc(C(=O)Nc2cc([N+](=O)[O-])ccc2Br)cc1. The molecule has 0 unspecified atom stereocenters. The zero-order valence-electron chi connectivity index (χ0n) is 11.7. The van der Waals surface area contributed by atoms with E-state index in [0.29, 0.717) is 15.7 Å². The summed E-state index contributed by atoms with van der Waals surface area (Å²) in [6.07, 6.45) is 2.01. The summed E-state index contributed by atoms with van der Waals surface area (Å²) in [7, 11) is 0.